The van der Waals surface area contributed by atoms with Gasteiger partial charge in [-0.3, -0.25) is 4.79 Å². The minimum Gasteiger partial charge on any atom is -0.508 e. The first kappa shape index (κ1) is 29.0. The summed E-state index contributed by atoms with van der Waals surface area (Å²) in [6.45, 7) is 3.15. The summed E-state index contributed by atoms with van der Waals surface area (Å²) in [7, 11) is 0. The lowest BCUT2D eigenvalue weighted by atomic mass is 9.74. The number of anilines is 1. The maximum atomic E-state index is 14.9. The highest BCUT2D eigenvalue weighted by Gasteiger charge is 2.52. The first-order chi connectivity index (χ1) is 22.4. The van der Waals surface area contributed by atoms with E-state index in [2.05, 4.69) is 20.6 Å². The smallest absolute Gasteiger partial charge is 0.238 e. The van der Waals surface area contributed by atoms with Crippen LogP contribution < -0.4 is 4.90 Å². The SMILES string of the molecule is Cc1cccc2c1N(Cc1ccccc1)C(=O)C2(Cc1cn(Cc2ccccc2O)nn1)Cc1cn(Cc2ccccc2O)nn1. The van der Waals surface area contributed by atoms with Crippen molar-refractivity contribution in [1.82, 2.24) is 30.0 Å². The molecule has 0 saturated heterocycles. The van der Waals surface area contributed by atoms with Gasteiger partial charge in [0, 0.05) is 36.4 Å². The second-order valence-corrected chi connectivity index (χ2v) is 11.9. The third-order valence-electron chi connectivity index (χ3n) is 8.65. The van der Waals surface area contributed by atoms with E-state index in [-0.39, 0.29) is 17.4 Å². The molecule has 6 aromatic rings. The molecule has 2 N–H and O–H groups in total. The standard InChI is InChI=1S/C36H33N7O3/c1-25-10-9-15-31-34(25)43(20-26-11-3-2-4-12-26)35(46)36(31,18-29-23-41(39-37-29)21-27-13-5-7-16-32(27)44)19-30-24-42(40-38-30)22-28-14-6-8-17-33(28)45/h2-17,23-24,44-45H,18-22H2,1H3. The van der Waals surface area contributed by atoms with E-state index in [1.165, 1.54) is 0 Å². The molecule has 7 rings (SSSR count). The van der Waals surface area contributed by atoms with Crippen LogP contribution >= 0.6 is 0 Å². The van der Waals surface area contributed by atoms with Gasteiger partial charge in [-0.05, 0) is 35.7 Å². The van der Waals surface area contributed by atoms with E-state index in [0.29, 0.717) is 43.9 Å². The number of amides is 1. The predicted molar refractivity (Wildman–Crippen MR) is 172 cm³/mol. The van der Waals surface area contributed by atoms with Crippen LogP contribution in [-0.4, -0.2) is 46.1 Å². The molecule has 230 valence electrons. The summed E-state index contributed by atoms with van der Waals surface area (Å²) >= 11 is 0. The highest BCUT2D eigenvalue weighted by molar-refractivity contribution is 6.09. The number of para-hydroxylation sites is 3. The molecule has 1 aliphatic rings. The van der Waals surface area contributed by atoms with Crippen molar-refractivity contribution in [3.05, 3.63) is 149 Å². The summed E-state index contributed by atoms with van der Waals surface area (Å²) in [5.74, 6) is 0.343. The molecule has 0 saturated carbocycles. The number of fused-ring (bicyclic) bond motifs is 1. The van der Waals surface area contributed by atoms with Crippen LogP contribution in [0.1, 0.15) is 39.2 Å². The maximum absolute atomic E-state index is 14.9. The number of aromatic hydroxyl groups is 2. The summed E-state index contributed by atoms with van der Waals surface area (Å²) in [6.07, 6.45) is 4.26. The largest absolute Gasteiger partial charge is 0.508 e. The van der Waals surface area contributed by atoms with Gasteiger partial charge in [-0.25, -0.2) is 9.36 Å². The summed E-state index contributed by atoms with van der Waals surface area (Å²) in [5, 5.41) is 38.3. The van der Waals surface area contributed by atoms with Crippen molar-refractivity contribution in [1.29, 1.82) is 0 Å². The van der Waals surface area contributed by atoms with Gasteiger partial charge in [-0.1, -0.05) is 95.4 Å². The Morgan fingerprint density at radius 3 is 1.76 bits per heavy atom. The molecular weight excluding hydrogens is 578 g/mol. The summed E-state index contributed by atoms with van der Waals surface area (Å²) in [4.78, 5) is 16.8. The Morgan fingerprint density at radius 2 is 1.20 bits per heavy atom. The van der Waals surface area contributed by atoms with Gasteiger partial charge in [0.05, 0.1) is 42.1 Å². The second-order valence-electron chi connectivity index (χ2n) is 11.9. The molecule has 1 amide bonds. The van der Waals surface area contributed by atoms with Crippen molar-refractivity contribution < 1.29 is 15.0 Å². The molecule has 10 heteroatoms. The predicted octanol–water partition coefficient (Wildman–Crippen LogP) is 4.96. The van der Waals surface area contributed by atoms with E-state index < -0.39 is 5.41 Å². The average molecular weight is 612 g/mol. The normalized spacial score (nSPS) is 13.7. The molecule has 0 atom stereocenters. The van der Waals surface area contributed by atoms with Crippen molar-refractivity contribution in [2.45, 2.75) is 44.8 Å². The van der Waals surface area contributed by atoms with Crippen molar-refractivity contribution >= 4 is 11.6 Å². The molecule has 0 unspecified atom stereocenters. The Kier molecular flexibility index (Phi) is 7.53. The van der Waals surface area contributed by atoms with Crippen LogP contribution in [0.4, 0.5) is 5.69 Å². The highest BCUT2D eigenvalue weighted by atomic mass is 16.3. The van der Waals surface area contributed by atoms with Crippen LogP contribution in [0.2, 0.25) is 0 Å². The monoisotopic (exact) mass is 611 g/mol. The highest BCUT2D eigenvalue weighted by Crippen LogP contribution is 2.48. The maximum Gasteiger partial charge on any atom is 0.238 e. The lowest BCUT2D eigenvalue weighted by Crippen LogP contribution is -2.43. The van der Waals surface area contributed by atoms with Gasteiger partial charge in [-0.2, -0.15) is 0 Å². The topological polar surface area (TPSA) is 122 Å². The lowest BCUT2D eigenvalue weighted by molar-refractivity contribution is -0.123. The van der Waals surface area contributed by atoms with Crippen LogP contribution in [0.25, 0.3) is 0 Å². The van der Waals surface area contributed by atoms with Gasteiger partial charge >= 0.3 is 0 Å². The molecule has 0 bridgehead atoms. The summed E-state index contributed by atoms with van der Waals surface area (Å²) < 4.78 is 3.36. The minimum atomic E-state index is -1.03. The van der Waals surface area contributed by atoms with Gasteiger partial charge in [0.25, 0.3) is 0 Å². The number of hydrogen-bond acceptors (Lipinski definition) is 7. The molecule has 1 aliphatic heterocycles. The van der Waals surface area contributed by atoms with Gasteiger partial charge in [0.15, 0.2) is 0 Å². The zero-order valence-electron chi connectivity index (χ0n) is 25.4. The summed E-state index contributed by atoms with van der Waals surface area (Å²) in [6, 6.07) is 30.3. The van der Waals surface area contributed by atoms with Gasteiger partial charge in [0.2, 0.25) is 5.91 Å². The molecular formula is C36H33N7O3. The van der Waals surface area contributed by atoms with Crippen LogP contribution in [0.3, 0.4) is 0 Å². The number of aryl methyl sites for hydroxylation is 1. The fourth-order valence-corrected chi connectivity index (χ4v) is 6.45. The first-order valence-corrected chi connectivity index (χ1v) is 15.2. The Hall–Kier alpha value is -5.77. The van der Waals surface area contributed by atoms with Crippen molar-refractivity contribution in [2.75, 3.05) is 4.90 Å². The van der Waals surface area contributed by atoms with Crippen LogP contribution in [0.5, 0.6) is 11.5 Å². The van der Waals surface area contributed by atoms with Gasteiger partial charge in [-0.15, -0.1) is 10.2 Å². The number of carbonyl (C=O) groups is 1. The second kappa shape index (κ2) is 12.0. The van der Waals surface area contributed by atoms with Crippen LogP contribution in [0.15, 0.2) is 109 Å². The molecule has 46 heavy (non-hydrogen) atoms. The Labute approximate surface area is 266 Å². The van der Waals surface area contributed by atoms with Crippen LogP contribution in [-0.2, 0) is 42.7 Å². The number of phenols is 2. The van der Waals surface area contributed by atoms with E-state index >= 15 is 0 Å². The van der Waals surface area contributed by atoms with Gasteiger partial charge in [0.1, 0.15) is 11.5 Å². The number of aromatic nitrogens is 6. The quantitative estimate of drug-likeness (QED) is 0.225. The Balaban J connectivity index is 1.27. The number of rotatable bonds is 10. The third kappa shape index (κ3) is 5.49. The fraction of sp³-hybridized carbons (Fsp3) is 0.194. The van der Waals surface area contributed by atoms with E-state index in [9.17, 15) is 15.0 Å². The van der Waals surface area contributed by atoms with E-state index in [1.807, 2.05) is 97.0 Å². The zero-order chi connectivity index (χ0) is 31.7. The van der Waals surface area contributed by atoms with Gasteiger partial charge < -0.3 is 15.1 Å². The first-order valence-electron chi connectivity index (χ1n) is 15.2. The minimum absolute atomic E-state index is 0.0360. The van der Waals surface area contributed by atoms with Crippen molar-refractivity contribution in [2.24, 2.45) is 0 Å². The van der Waals surface area contributed by atoms with Crippen LogP contribution in [0, 0.1) is 6.92 Å². The average Bonchev–Trinajstić information content (AvgIpc) is 3.75. The third-order valence-corrected chi connectivity index (χ3v) is 8.65. The number of hydrogen-bond donors (Lipinski definition) is 2. The fourth-order valence-electron chi connectivity index (χ4n) is 6.45. The Bertz CT molecular complexity index is 1930. The van der Waals surface area contributed by atoms with E-state index in [0.717, 1.165) is 33.5 Å². The molecule has 0 spiro atoms. The molecule has 2 aromatic heterocycles. The lowest BCUT2D eigenvalue weighted by Gasteiger charge is -2.27. The summed E-state index contributed by atoms with van der Waals surface area (Å²) in [5.41, 5.74) is 5.58. The molecule has 4 aromatic carbocycles. The zero-order valence-corrected chi connectivity index (χ0v) is 25.4. The molecule has 0 radical (unpaired) electrons. The molecule has 0 fully saturated rings. The molecule has 0 aliphatic carbocycles. The molecule has 3 heterocycles. The van der Waals surface area contributed by atoms with Crippen molar-refractivity contribution in [3.63, 3.8) is 0 Å². The van der Waals surface area contributed by atoms with Crippen molar-refractivity contribution in [3.8, 4) is 11.5 Å². The number of phenolic OH excluding ortho intramolecular Hbond substituents is 2. The number of nitrogens with zero attached hydrogens (tertiary/aromatic N) is 7. The number of benzene rings is 4. The van der Waals surface area contributed by atoms with E-state index in [1.54, 1.807) is 33.6 Å². The van der Waals surface area contributed by atoms with E-state index in [4.69, 9.17) is 0 Å². The Morgan fingerprint density at radius 1 is 0.652 bits per heavy atom. The molecule has 10 nitrogen and oxygen atoms in total. The number of carbonyl (C=O) groups excluding carboxylic acids is 1.